The van der Waals surface area contributed by atoms with E-state index in [1.54, 1.807) is 30.7 Å². The van der Waals surface area contributed by atoms with Gasteiger partial charge in [0.1, 0.15) is 5.76 Å². The van der Waals surface area contributed by atoms with E-state index < -0.39 is 0 Å². The predicted molar refractivity (Wildman–Crippen MR) is 105 cm³/mol. The summed E-state index contributed by atoms with van der Waals surface area (Å²) < 4.78 is 5.35. The standard InChI is InChI=1S/C21H18ClN3O3/c22-18-10-13(25-21(27)17-11-16(17)19-5-3-9-28-19)6-7-15(18)20(26)24-12-14-4-1-2-8-23-14/h1-10,16-17H,11-12H2,(H,24,26)(H,25,27). The predicted octanol–water partition coefficient (Wildman–Crippen LogP) is 4.00. The Hall–Kier alpha value is -3.12. The lowest BCUT2D eigenvalue weighted by atomic mass is 10.1. The molecule has 2 atom stereocenters. The average molecular weight is 396 g/mol. The van der Waals surface area contributed by atoms with Crippen LogP contribution in [0.1, 0.15) is 34.2 Å². The number of carbonyl (C=O) groups is 2. The monoisotopic (exact) mass is 395 g/mol. The summed E-state index contributed by atoms with van der Waals surface area (Å²) in [6.45, 7) is 0.310. The fourth-order valence-electron chi connectivity index (χ4n) is 3.08. The van der Waals surface area contributed by atoms with Crippen LogP contribution < -0.4 is 10.6 Å². The van der Waals surface area contributed by atoms with E-state index in [1.165, 1.54) is 0 Å². The molecule has 142 valence electrons. The normalized spacial score (nSPS) is 17.8. The molecule has 6 nitrogen and oxygen atoms in total. The van der Waals surface area contributed by atoms with Gasteiger partial charge in [-0.15, -0.1) is 0 Å². The molecule has 0 aliphatic heterocycles. The van der Waals surface area contributed by atoms with Gasteiger partial charge in [0.25, 0.3) is 5.91 Å². The first-order chi connectivity index (χ1) is 13.6. The lowest BCUT2D eigenvalue weighted by Gasteiger charge is -2.09. The smallest absolute Gasteiger partial charge is 0.253 e. The highest BCUT2D eigenvalue weighted by Gasteiger charge is 2.45. The van der Waals surface area contributed by atoms with Crippen molar-refractivity contribution >= 4 is 29.1 Å². The van der Waals surface area contributed by atoms with Gasteiger partial charge in [0.2, 0.25) is 5.91 Å². The maximum atomic E-state index is 12.4. The molecule has 0 radical (unpaired) electrons. The molecule has 3 aromatic rings. The van der Waals surface area contributed by atoms with E-state index in [4.69, 9.17) is 16.0 Å². The molecule has 0 bridgehead atoms. The number of nitrogens with zero attached hydrogens (tertiary/aromatic N) is 1. The SMILES string of the molecule is O=C(NCc1ccccn1)c1ccc(NC(=O)C2CC2c2ccco2)cc1Cl. The van der Waals surface area contributed by atoms with Crippen molar-refractivity contribution in [3.05, 3.63) is 83.0 Å². The minimum absolute atomic E-state index is 0.0789. The zero-order valence-corrected chi connectivity index (χ0v) is 15.6. The summed E-state index contributed by atoms with van der Waals surface area (Å²) >= 11 is 6.25. The van der Waals surface area contributed by atoms with Gasteiger partial charge >= 0.3 is 0 Å². The summed E-state index contributed by atoms with van der Waals surface area (Å²) in [7, 11) is 0. The number of aromatic nitrogens is 1. The van der Waals surface area contributed by atoms with Gasteiger partial charge in [-0.05, 0) is 48.9 Å². The van der Waals surface area contributed by atoms with Gasteiger partial charge in [-0.1, -0.05) is 17.7 Å². The second-order valence-electron chi connectivity index (χ2n) is 6.65. The third-order valence-corrected chi connectivity index (χ3v) is 4.99. The molecule has 2 unspecified atom stereocenters. The molecule has 28 heavy (non-hydrogen) atoms. The number of benzene rings is 1. The van der Waals surface area contributed by atoms with Gasteiger partial charge in [0.15, 0.2) is 0 Å². The number of carbonyl (C=O) groups excluding carboxylic acids is 2. The number of amides is 2. The lowest BCUT2D eigenvalue weighted by molar-refractivity contribution is -0.117. The van der Waals surface area contributed by atoms with Gasteiger partial charge in [0, 0.05) is 23.7 Å². The maximum absolute atomic E-state index is 12.4. The zero-order chi connectivity index (χ0) is 19.5. The molecule has 2 heterocycles. The van der Waals surface area contributed by atoms with Crippen LogP contribution >= 0.6 is 11.6 Å². The first kappa shape index (κ1) is 18.3. The van der Waals surface area contributed by atoms with Crippen molar-refractivity contribution in [2.75, 3.05) is 5.32 Å². The van der Waals surface area contributed by atoms with Crippen LogP contribution in [0.2, 0.25) is 5.02 Å². The van der Waals surface area contributed by atoms with Crippen LogP contribution in [0.15, 0.2) is 65.4 Å². The van der Waals surface area contributed by atoms with Crippen molar-refractivity contribution in [1.29, 1.82) is 0 Å². The van der Waals surface area contributed by atoms with Gasteiger partial charge in [-0.25, -0.2) is 0 Å². The molecule has 2 amide bonds. The third-order valence-electron chi connectivity index (χ3n) is 4.67. The second-order valence-corrected chi connectivity index (χ2v) is 7.06. The Morgan fingerprint density at radius 2 is 2.07 bits per heavy atom. The maximum Gasteiger partial charge on any atom is 0.253 e. The average Bonchev–Trinajstić information content (AvgIpc) is 3.32. The van der Waals surface area contributed by atoms with Crippen molar-refractivity contribution in [3.8, 4) is 0 Å². The summed E-state index contributed by atoms with van der Waals surface area (Å²) in [5.74, 6) is 0.477. The van der Waals surface area contributed by atoms with Crippen LogP contribution in [0.25, 0.3) is 0 Å². The second kappa shape index (κ2) is 7.86. The molecule has 0 saturated heterocycles. The fourth-order valence-corrected chi connectivity index (χ4v) is 3.35. The number of anilines is 1. The van der Waals surface area contributed by atoms with E-state index in [0.717, 1.165) is 17.9 Å². The van der Waals surface area contributed by atoms with Gasteiger partial charge in [-0.3, -0.25) is 14.6 Å². The zero-order valence-electron chi connectivity index (χ0n) is 14.9. The Morgan fingerprint density at radius 3 is 2.79 bits per heavy atom. The van der Waals surface area contributed by atoms with E-state index >= 15 is 0 Å². The number of nitrogens with one attached hydrogen (secondary N) is 2. The fraction of sp³-hybridized carbons (Fsp3) is 0.190. The van der Waals surface area contributed by atoms with Crippen LogP contribution in [-0.2, 0) is 11.3 Å². The highest BCUT2D eigenvalue weighted by molar-refractivity contribution is 6.34. The molecular weight excluding hydrogens is 378 g/mol. The van der Waals surface area contributed by atoms with Crippen molar-refractivity contribution < 1.29 is 14.0 Å². The summed E-state index contributed by atoms with van der Waals surface area (Å²) in [6, 6.07) is 14.1. The number of halogens is 1. The van der Waals surface area contributed by atoms with Gasteiger partial charge < -0.3 is 15.1 Å². The number of hydrogen-bond acceptors (Lipinski definition) is 4. The molecule has 1 fully saturated rings. The largest absolute Gasteiger partial charge is 0.469 e. The molecule has 1 aliphatic rings. The van der Waals surface area contributed by atoms with Gasteiger partial charge in [0.05, 0.1) is 29.1 Å². The summed E-state index contributed by atoms with van der Waals surface area (Å²) in [5.41, 5.74) is 1.66. The van der Waals surface area contributed by atoms with E-state index in [2.05, 4.69) is 15.6 Å². The van der Waals surface area contributed by atoms with E-state index in [1.807, 2.05) is 30.3 Å². The van der Waals surface area contributed by atoms with Crippen molar-refractivity contribution in [2.24, 2.45) is 5.92 Å². The highest BCUT2D eigenvalue weighted by atomic mass is 35.5. The number of hydrogen-bond donors (Lipinski definition) is 2. The Labute approximate surface area is 166 Å². The van der Waals surface area contributed by atoms with Crippen LogP contribution in [-0.4, -0.2) is 16.8 Å². The molecule has 4 rings (SSSR count). The Kier molecular flexibility index (Phi) is 5.12. The van der Waals surface area contributed by atoms with Crippen LogP contribution in [0.4, 0.5) is 5.69 Å². The highest BCUT2D eigenvalue weighted by Crippen LogP contribution is 2.48. The molecule has 0 spiro atoms. The quantitative estimate of drug-likeness (QED) is 0.660. The molecule has 7 heteroatoms. The molecule has 1 aliphatic carbocycles. The van der Waals surface area contributed by atoms with Crippen LogP contribution in [0.5, 0.6) is 0 Å². The minimum atomic E-state index is -0.298. The first-order valence-corrected chi connectivity index (χ1v) is 9.31. The molecular formula is C21H18ClN3O3. The number of pyridine rings is 1. The minimum Gasteiger partial charge on any atom is -0.469 e. The first-order valence-electron chi connectivity index (χ1n) is 8.94. The third kappa shape index (κ3) is 4.07. The lowest BCUT2D eigenvalue weighted by Crippen LogP contribution is -2.23. The number of furan rings is 1. The number of rotatable bonds is 6. The van der Waals surface area contributed by atoms with Crippen LogP contribution in [0, 0.1) is 5.92 Å². The van der Waals surface area contributed by atoms with Crippen LogP contribution in [0.3, 0.4) is 0 Å². The molecule has 1 saturated carbocycles. The summed E-state index contributed by atoms with van der Waals surface area (Å²) in [5, 5.41) is 5.91. The van der Waals surface area contributed by atoms with Crippen molar-refractivity contribution in [1.82, 2.24) is 10.3 Å². The molecule has 2 N–H and O–H groups in total. The Balaban J connectivity index is 1.35. The molecule has 1 aromatic carbocycles. The topological polar surface area (TPSA) is 84.2 Å². The van der Waals surface area contributed by atoms with Gasteiger partial charge in [-0.2, -0.15) is 0 Å². The Bertz CT molecular complexity index is 989. The van der Waals surface area contributed by atoms with E-state index in [-0.39, 0.29) is 28.7 Å². The molecule has 2 aromatic heterocycles. The summed E-state index contributed by atoms with van der Waals surface area (Å²) in [4.78, 5) is 28.9. The summed E-state index contributed by atoms with van der Waals surface area (Å²) in [6.07, 6.45) is 4.05. The van der Waals surface area contributed by atoms with Crippen molar-refractivity contribution in [3.63, 3.8) is 0 Å². The van der Waals surface area contributed by atoms with Crippen molar-refractivity contribution in [2.45, 2.75) is 18.9 Å². The van der Waals surface area contributed by atoms with E-state index in [9.17, 15) is 9.59 Å². The van der Waals surface area contributed by atoms with E-state index in [0.29, 0.717) is 17.8 Å². The Morgan fingerprint density at radius 1 is 1.18 bits per heavy atom.